The highest BCUT2D eigenvalue weighted by molar-refractivity contribution is 5.59. The maximum atomic E-state index is 4.17. The Balaban J connectivity index is 2.08. The Labute approximate surface area is 88.0 Å². The molecule has 2 aromatic rings. The van der Waals surface area contributed by atoms with Gasteiger partial charge in [-0.3, -0.25) is 0 Å². The SMILES string of the molecule is Cn1cnnc1C1CNc2ccccc21. The minimum atomic E-state index is 0.327. The molecule has 1 aliphatic rings. The molecule has 1 aromatic heterocycles. The highest BCUT2D eigenvalue weighted by Crippen LogP contribution is 2.34. The van der Waals surface area contributed by atoms with Crippen LogP contribution in [0.5, 0.6) is 0 Å². The Morgan fingerprint density at radius 3 is 3.07 bits per heavy atom. The van der Waals surface area contributed by atoms with E-state index in [0.29, 0.717) is 5.92 Å². The van der Waals surface area contributed by atoms with Crippen molar-refractivity contribution in [2.45, 2.75) is 5.92 Å². The van der Waals surface area contributed by atoms with Crippen molar-refractivity contribution in [3.8, 4) is 0 Å². The summed E-state index contributed by atoms with van der Waals surface area (Å²) in [5.41, 5.74) is 2.53. The molecule has 1 N–H and O–H groups in total. The van der Waals surface area contributed by atoms with Gasteiger partial charge in [0.1, 0.15) is 12.2 Å². The molecule has 0 radical (unpaired) electrons. The highest BCUT2D eigenvalue weighted by Gasteiger charge is 2.26. The molecule has 0 amide bonds. The fraction of sp³-hybridized carbons (Fsp3) is 0.273. The summed E-state index contributed by atoms with van der Waals surface area (Å²) in [5.74, 6) is 1.35. The molecule has 4 nitrogen and oxygen atoms in total. The van der Waals surface area contributed by atoms with Crippen LogP contribution < -0.4 is 5.32 Å². The van der Waals surface area contributed by atoms with Crippen LogP contribution >= 0.6 is 0 Å². The van der Waals surface area contributed by atoms with E-state index in [2.05, 4.69) is 33.7 Å². The number of hydrogen-bond acceptors (Lipinski definition) is 3. The van der Waals surface area contributed by atoms with Crippen molar-refractivity contribution in [1.82, 2.24) is 14.8 Å². The van der Waals surface area contributed by atoms with Crippen LogP contribution in [0.1, 0.15) is 17.3 Å². The van der Waals surface area contributed by atoms with Gasteiger partial charge in [0, 0.05) is 19.3 Å². The van der Waals surface area contributed by atoms with E-state index >= 15 is 0 Å². The Bertz CT molecular complexity index is 489. The van der Waals surface area contributed by atoms with Crippen LogP contribution in [-0.4, -0.2) is 21.3 Å². The molecular weight excluding hydrogens is 188 g/mol. The summed E-state index contributed by atoms with van der Waals surface area (Å²) in [4.78, 5) is 0. The molecule has 4 heteroatoms. The summed E-state index contributed by atoms with van der Waals surface area (Å²) in [6.45, 7) is 0.909. The van der Waals surface area contributed by atoms with E-state index in [0.717, 1.165) is 12.4 Å². The van der Waals surface area contributed by atoms with E-state index in [-0.39, 0.29) is 0 Å². The zero-order valence-electron chi connectivity index (χ0n) is 8.51. The molecule has 0 saturated heterocycles. The lowest BCUT2D eigenvalue weighted by Gasteiger charge is -2.08. The third-order valence-corrected chi connectivity index (χ3v) is 2.89. The Hall–Kier alpha value is -1.84. The Morgan fingerprint density at radius 1 is 1.40 bits per heavy atom. The molecule has 1 unspecified atom stereocenters. The van der Waals surface area contributed by atoms with Crippen molar-refractivity contribution in [1.29, 1.82) is 0 Å². The van der Waals surface area contributed by atoms with Gasteiger partial charge in [-0.05, 0) is 11.6 Å². The lowest BCUT2D eigenvalue weighted by atomic mass is 10.0. The third-order valence-electron chi connectivity index (χ3n) is 2.89. The topological polar surface area (TPSA) is 42.7 Å². The van der Waals surface area contributed by atoms with Crippen LogP contribution in [0.25, 0.3) is 0 Å². The molecule has 2 heterocycles. The minimum absolute atomic E-state index is 0.327. The molecule has 15 heavy (non-hydrogen) atoms. The van der Waals surface area contributed by atoms with E-state index < -0.39 is 0 Å². The van der Waals surface area contributed by atoms with Gasteiger partial charge in [-0.15, -0.1) is 10.2 Å². The quantitative estimate of drug-likeness (QED) is 0.756. The zero-order chi connectivity index (χ0) is 10.3. The van der Waals surface area contributed by atoms with Gasteiger partial charge in [0.05, 0.1) is 5.92 Å². The van der Waals surface area contributed by atoms with Crippen molar-refractivity contribution in [3.05, 3.63) is 42.0 Å². The Morgan fingerprint density at radius 2 is 2.27 bits per heavy atom. The normalized spacial score (nSPS) is 18.6. The average molecular weight is 200 g/mol. The number of anilines is 1. The predicted octanol–water partition coefficient (Wildman–Crippen LogP) is 1.37. The summed E-state index contributed by atoms with van der Waals surface area (Å²) < 4.78 is 1.98. The molecule has 0 saturated carbocycles. The van der Waals surface area contributed by atoms with Gasteiger partial charge < -0.3 is 9.88 Å². The molecular formula is C11H12N4. The lowest BCUT2D eigenvalue weighted by Crippen LogP contribution is -2.09. The standard InChI is InChI=1S/C11H12N4/c1-15-7-13-14-11(15)9-6-12-10-5-3-2-4-8(9)10/h2-5,7,9,12H,6H2,1H3. The summed E-state index contributed by atoms with van der Waals surface area (Å²) in [6.07, 6.45) is 1.75. The number of aromatic nitrogens is 3. The van der Waals surface area contributed by atoms with Gasteiger partial charge in [0.25, 0.3) is 0 Å². The van der Waals surface area contributed by atoms with Crippen molar-refractivity contribution in [2.75, 3.05) is 11.9 Å². The van der Waals surface area contributed by atoms with Crippen molar-refractivity contribution >= 4 is 5.69 Å². The van der Waals surface area contributed by atoms with Crippen molar-refractivity contribution < 1.29 is 0 Å². The number of benzene rings is 1. The fourth-order valence-electron chi connectivity index (χ4n) is 2.12. The number of rotatable bonds is 1. The van der Waals surface area contributed by atoms with Gasteiger partial charge in [-0.1, -0.05) is 18.2 Å². The fourth-order valence-corrected chi connectivity index (χ4v) is 2.12. The molecule has 0 fully saturated rings. The van der Waals surface area contributed by atoms with Gasteiger partial charge in [-0.2, -0.15) is 0 Å². The smallest absolute Gasteiger partial charge is 0.141 e. The second kappa shape index (κ2) is 3.08. The maximum absolute atomic E-state index is 4.17. The van der Waals surface area contributed by atoms with E-state index in [4.69, 9.17) is 0 Å². The third kappa shape index (κ3) is 1.21. The van der Waals surface area contributed by atoms with Crippen LogP contribution in [0, 0.1) is 0 Å². The number of nitrogens with zero attached hydrogens (tertiary/aromatic N) is 3. The van der Waals surface area contributed by atoms with E-state index in [1.165, 1.54) is 11.3 Å². The maximum Gasteiger partial charge on any atom is 0.141 e. The molecule has 1 atom stereocenters. The van der Waals surface area contributed by atoms with Gasteiger partial charge in [0.2, 0.25) is 0 Å². The Kier molecular flexibility index (Phi) is 1.74. The lowest BCUT2D eigenvalue weighted by molar-refractivity contribution is 0.733. The van der Waals surface area contributed by atoms with Crippen LogP contribution in [0.3, 0.4) is 0 Å². The molecule has 0 bridgehead atoms. The van der Waals surface area contributed by atoms with Crippen LogP contribution in [-0.2, 0) is 7.05 Å². The first-order valence-electron chi connectivity index (χ1n) is 5.03. The van der Waals surface area contributed by atoms with Crippen LogP contribution in [0.15, 0.2) is 30.6 Å². The molecule has 0 aliphatic carbocycles. The number of para-hydroxylation sites is 1. The monoisotopic (exact) mass is 200 g/mol. The van der Waals surface area contributed by atoms with E-state index in [1.54, 1.807) is 6.33 Å². The average Bonchev–Trinajstić information content (AvgIpc) is 2.83. The minimum Gasteiger partial charge on any atom is -0.384 e. The van der Waals surface area contributed by atoms with Gasteiger partial charge >= 0.3 is 0 Å². The largest absolute Gasteiger partial charge is 0.384 e. The first-order valence-corrected chi connectivity index (χ1v) is 5.03. The first kappa shape index (κ1) is 8.47. The van der Waals surface area contributed by atoms with Gasteiger partial charge in [0.15, 0.2) is 0 Å². The summed E-state index contributed by atoms with van der Waals surface area (Å²) in [6, 6.07) is 8.36. The van der Waals surface area contributed by atoms with Crippen LogP contribution in [0.4, 0.5) is 5.69 Å². The van der Waals surface area contributed by atoms with E-state index in [9.17, 15) is 0 Å². The number of hydrogen-bond donors (Lipinski definition) is 1. The van der Waals surface area contributed by atoms with Crippen molar-refractivity contribution in [2.24, 2.45) is 7.05 Å². The number of nitrogens with one attached hydrogen (secondary N) is 1. The number of aryl methyl sites for hydroxylation is 1. The molecule has 3 rings (SSSR count). The molecule has 0 spiro atoms. The molecule has 1 aromatic carbocycles. The zero-order valence-corrected chi connectivity index (χ0v) is 8.51. The van der Waals surface area contributed by atoms with Gasteiger partial charge in [-0.25, -0.2) is 0 Å². The second-order valence-electron chi connectivity index (χ2n) is 3.82. The van der Waals surface area contributed by atoms with Crippen molar-refractivity contribution in [3.63, 3.8) is 0 Å². The number of fused-ring (bicyclic) bond motifs is 1. The summed E-state index contributed by atoms with van der Waals surface area (Å²) in [7, 11) is 1.98. The summed E-state index contributed by atoms with van der Waals surface area (Å²) >= 11 is 0. The first-order chi connectivity index (χ1) is 7.36. The van der Waals surface area contributed by atoms with Crippen LogP contribution in [0.2, 0.25) is 0 Å². The molecule has 1 aliphatic heterocycles. The predicted molar refractivity (Wildman–Crippen MR) is 57.8 cm³/mol. The van der Waals surface area contributed by atoms with E-state index in [1.807, 2.05) is 17.7 Å². The summed E-state index contributed by atoms with van der Waals surface area (Å²) in [5, 5.41) is 11.5. The highest BCUT2D eigenvalue weighted by atomic mass is 15.3. The molecule has 76 valence electrons. The second-order valence-corrected chi connectivity index (χ2v) is 3.82.